The Labute approximate surface area is 245 Å². The van der Waals surface area contributed by atoms with E-state index in [-0.39, 0.29) is 42.3 Å². The summed E-state index contributed by atoms with van der Waals surface area (Å²) in [5.41, 5.74) is 3.49. The maximum atomic E-state index is 13.4. The number of piperidine rings is 1. The van der Waals surface area contributed by atoms with Crippen LogP contribution in [-0.2, 0) is 19.6 Å². The zero-order chi connectivity index (χ0) is 30.0. The molecule has 222 valence electrons. The molecule has 2 atom stereocenters. The number of aryl methyl sites for hydroxylation is 2. The predicted octanol–water partition coefficient (Wildman–Crippen LogP) is 4.77. The number of ether oxygens (including phenoxy) is 2. The molecule has 11 nitrogen and oxygen atoms in total. The van der Waals surface area contributed by atoms with Gasteiger partial charge in [0.2, 0.25) is 17.7 Å². The number of amides is 2. The van der Waals surface area contributed by atoms with Crippen molar-refractivity contribution in [1.29, 1.82) is 0 Å². The number of likely N-dealkylation sites (tertiary alicyclic amines) is 1. The predicted molar refractivity (Wildman–Crippen MR) is 158 cm³/mol. The summed E-state index contributed by atoms with van der Waals surface area (Å²) in [6.45, 7) is 8.56. The average molecular weight is 594 g/mol. The van der Waals surface area contributed by atoms with Gasteiger partial charge in [0, 0.05) is 23.9 Å². The number of fused-ring (bicyclic) bond motifs is 6. The monoisotopic (exact) mass is 593 g/mol. The molecule has 6 bridgehead atoms. The lowest BCUT2D eigenvalue weighted by molar-refractivity contribution is -0.122. The lowest BCUT2D eigenvalue weighted by atomic mass is 9.95. The van der Waals surface area contributed by atoms with Crippen molar-refractivity contribution < 1.29 is 27.5 Å². The van der Waals surface area contributed by atoms with Crippen LogP contribution in [0, 0.1) is 25.7 Å². The zero-order valence-corrected chi connectivity index (χ0v) is 24.9. The van der Waals surface area contributed by atoms with E-state index >= 15 is 0 Å². The summed E-state index contributed by atoms with van der Waals surface area (Å²) < 4.78 is 40.9. The van der Waals surface area contributed by atoms with Gasteiger partial charge in [-0.1, -0.05) is 38.1 Å². The van der Waals surface area contributed by atoms with Gasteiger partial charge in [-0.2, -0.15) is 4.98 Å². The van der Waals surface area contributed by atoms with Crippen LogP contribution in [0.25, 0.3) is 11.3 Å². The minimum absolute atomic E-state index is 0.0715. The highest BCUT2D eigenvalue weighted by Gasteiger charge is 2.36. The molecule has 2 aliphatic heterocycles. The van der Waals surface area contributed by atoms with E-state index < -0.39 is 28.1 Å². The molecule has 2 aromatic carbocycles. The molecule has 42 heavy (non-hydrogen) atoms. The van der Waals surface area contributed by atoms with Crippen LogP contribution in [0.2, 0.25) is 0 Å². The molecule has 0 aliphatic carbocycles. The molecule has 0 unspecified atom stereocenters. The van der Waals surface area contributed by atoms with Crippen molar-refractivity contribution in [2.75, 3.05) is 29.7 Å². The smallest absolute Gasteiger partial charge is 0.409 e. The Morgan fingerprint density at radius 2 is 1.83 bits per heavy atom. The first-order chi connectivity index (χ1) is 20.0. The summed E-state index contributed by atoms with van der Waals surface area (Å²) in [7, 11) is -4.11. The molecule has 12 heteroatoms. The number of carbonyl (C=O) groups is 2. The van der Waals surface area contributed by atoms with E-state index in [0.717, 1.165) is 23.1 Å². The van der Waals surface area contributed by atoms with Crippen LogP contribution in [0.3, 0.4) is 0 Å². The number of aromatic nitrogens is 2. The second-order valence-corrected chi connectivity index (χ2v) is 12.9. The van der Waals surface area contributed by atoms with Gasteiger partial charge in [-0.05, 0) is 61.9 Å². The topological polar surface area (TPSA) is 140 Å². The van der Waals surface area contributed by atoms with Crippen molar-refractivity contribution in [1.82, 2.24) is 14.9 Å². The van der Waals surface area contributed by atoms with Crippen molar-refractivity contribution >= 4 is 33.7 Å². The number of sulfonamides is 1. The van der Waals surface area contributed by atoms with E-state index in [2.05, 4.69) is 20.0 Å². The van der Waals surface area contributed by atoms with Crippen molar-refractivity contribution in [3.05, 3.63) is 59.7 Å². The van der Waals surface area contributed by atoms with Gasteiger partial charge in [-0.15, -0.1) is 0 Å². The minimum Gasteiger partial charge on any atom is -0.472 e. The molecule has 1 aromatic heterocycles. The summed E-state index contributed by atoms with van der Waals surface area (Å²) in [6.07, 6.45) is -0.102. The van der Waals surface area contributed by atoms with Crippen molar-refractivity contribution in [2.45, 2.75) is 51.5 Å². The fourth-order valence-corrected chi connectivity index (χ4v) is 6.15. The van der Waals surface area contributed by atoms with Crippen LogP contribution in [0.4, 0.5) is 16.4 Å². The molecule has 2 aliphatic rings. The minimum atomic E-state index is -4.11. The summed E-state index contributed by atoms with van der Waals surface area (Å²) in [6, 6.07) is 13.4. The standard InChI is InChI=1S/C30H35N5O6S/c1-18(2)11-12-40-30(37)35-16-21-13-23(17-35)41-26-15-25(27-19(3)7-5-8-20(27)4)32-29(33-26)34-42(38,39)24-10-6-9-22(14-24)31-28(21)36/h5-10,14-15,18,21,23H,11-13,16-17H2,1-4H3,(H,31,36)(H,32,33,34)/t21-,23+/m1/s1. The van der Waals surface area contributed by atoms with Gasteiger partial charge in [0.15, 0.2) is 0 Å². The number of nitrogens with one attached hydrogen (secondary N) is 2. The first kappa shape index (κ1) is 29.3. The second kappa shape index (κ2) is 12.0. The third-order valence-corrected chi connectivity index (χ3v) is 8.65. The molecule has 5 rings (SSSR count). The molecule has 1 saturated heterocycles. The van der Waals surface area contributed by atoms with Gasteiger partial charge in [-0.3, -0.25) is 4.79 Å². The Balaban J connectivity index is 1.57. The molecular weight excluding hydrogens is 558 g/mol. The van der Waals surface area contributed by atoms with E-state index in [1.54, 1.807) is 18.2 Å². The van der Waals surface area contributed by atoms with Gasteiger partial charge in [0.25, 0.3) is 10.0 Å². The van der Waals surface area contributed by atoms with Gasteiger partial charge in [0.1, 0.15) is 6.10 Å². The first-order valence-corrected chi connectivity index (χ1v) is 15.4. The highest BCUT2D eigenvalue weighted by Crippen LogP contribution is 2.31. The number of anilines is 2. The maximum absolute atomic E-state index is 13.4. The van der Waals surface area contributed by atoms with E-state index in [9.17, 15) is 18.0 Å². The highest BCUT2D eigenvalue weighted by atomic mass is 32.2. The van der Waals surface area contributed by atoms with Crippen LogP contribution < -0.4 is 14.8 Å². The number of hydrogen-bond donors (Lipinski definition) is 2. The lowest BCUT2D eigenvalue weighted by Crippen LogP contribution is -2.51. The molecule has 3 aromatic rings. The van der Waals surface area contributed by atoms with E-state index in [1.165, 1.54) is 17.0 Å². The Morgan fingerprint density at radius 1 is 1.10 bits per heavy atom. The summed E-state index contributed by atoms with van der Waals surface area (Å²) in [5, 5.41) is 2.80. The molecule has 0 saturated carbocycles. The largest absolute Gasteiger partial charge is 0.472 e. The van der Waals surface area contributed by atoms with Crippen molar-refractivity contribution in [3.8, 4) is 17.1 Å². The van der Waals surface area contributed by atoms with E-state index in [0.29, 0.717) is 23.7 Å². The van der Waals surface area contributed by atoms with Gasteiger partial charge in [-0.25, -0.2) is 22.9 Å². The third-order valence-electron chi connectivity index (χ3n) is 7.33. The van der Waals surface area contributed by atoms with Crippen LogP contribution in [0.1, 0.15) is 37.8 Å². The van der Waals surface area contributed by atoms with Gasteiger partial charge < -0.3 is 19.7 Å². The fraction of sp³-hybridized carbons (Fsp3) is 0.400. The quantitative estimate of drug-likeness (QED) is 0.441. The Kier molecular flexibility index (Phi) is 8.35. The van der Waals surface area contributed by atoms with Crippen LogP contribution in [0.5, 0.6) is 5.88 Å². The first-order valence-electron chi connectivity index (χ1n) is 14.0. The van der Waals surface area contributed by atoms with Crippen LogP contribution in [0.15, 0.2) is 53.4 Å². The van der Waals surface area contributed by atoms with Crippen molar-refractivity contribution in [3.63, 3.8) is 0 Å². The zero-order valence-electron chi connectivity index (χ0n) is 24.1. The third kappa shape index (κ3) is 6.64. The normalized spacial score (nSPS) is 19.6. The van der Waals surface area contributed by atoms with Gasteiger partial charge >= 0.3 is 6.09 Å². The second-order valence-electron chi connectivity index (χ2n) is 11.2. The molecular formula is C30H35N5O6S. The molecule has 1 fully saturated rings. The molecule has 2 N–H and O–H groups in total. The van der Waals surface area contributed by atoms with Crippen molar-refractivity contribution in [2.24, 2.45) is 11.8 Å². The Bertz CT molecular complexity index is 1590. The van der Waals surface area contributed by atoms with Crippen LogP contribution in [-0.4, -0.2) is 61.1 Å². The summed E-state index contributed by atoms with van der Waals surface area (Å²) in [5.74, 6) is -0.664. The SMILES string of the molecule is Cc1cccc(C)c1-c1cc2nc(n1)NS(=O)(=O)c1cccc(c1)NC(=O)[C@@H]1C[C@@H](CN(C(=O)OCCC(C)C)C1)O2. The Hall–Kier alpha value is -4.19. The number of hydrogen-bond acceptors (Lipinski definition) is 8. The average Bonchev–Trinajstić information content (AvgIpc) is 2.92. The highest BCUT2D eigenvalue weighted by molar-refractivity contribution is 7.92. The number of rotatable bonds is 4. The maximum Gasteiger partial charge on any atom is 0.409 e. The fourth-order valence-electron chi connectivity index (χ4n) is 5.16. The molecule has 0 spiro atoms. The molecule has 0 radical (unpaired) electrons. The molecule has 2 amide bonds. The number of benzene rings is 2. The summed E-state index contributed by atoms with van der Waals surface area (Å²) >= 11 is 0. The number of carbonyl (C=O) groups excluding carboxylic acids is 2. The van der Waals surface area contributed by atoms with E-state index in [1.807, 2.05) is 45.9 Å². The number of nitrogens with zero attached hydrogens (tertiary/aromatic N) is 3. The van der Waals surface area contributed by atoms with Crippen LogP contribution >= 0.6 is 0 Å². The van der Waals surface area contributed by atoms with Gasteiger partial charge in [0.05, 0.1) is 29.7 Å². The lowest BCUT2D eigenvalue weighted by Gasteiger charge is -2.36. The molecule has 3 heterocycles. The van der Waals surface area contributed by atoms with E-state index in [4.69, 9.17) is 9.47 Å². The summed E-state index contributed by atoms with van der Waals surface area (Å²) in [4.78, 5) is 36.7. The Morgan fingerprint density at radius 3 is 2.57 bits per heavy atom.